The molecule has 0 atom stereocenters. The lowest BCUT2D eigenvalue weighted by atomic mass is 9.64. The first kappa shape index (κ1) is 13.5. The van der Waals surface area contributed by atoms with Crippen molar-refractivity contribution < 1.29 is 24.0 Å². The molecular formula is C15H13BO5. The second kappa shape index (κ2) is 5.50. The molecule has 0 aliphatic carbocycles. The highest BCUT2D eigenvalue weighted by molar-refractivity contribution is 6.67. The van der Waals surface area contributed by atoms with E-state index in [9.17, 15) is 9.90 Å². The van der Waals surface area contributed by atoms with E-state index in [1.165, 1.54) is 6.07 Å². The summed E-state index contributed by atoms with van der Waals surface area (Å²) in [4.78, 5) is 10.2. The van der Waals surface area contributed by atoms with Crippen molar-refractivity contribution in [3.8, 4) is 23.0 Å². The quantitative estimate of drug-likeness (QED) is 0.687. The van der Waals surface area contributed by atoms with Gasteiger partial charge < -0.3 is 19.2 Å². The summed E-state index contributed by atoms with van der Waals surface area (Å²) in [5.41, 5.74) is 2.24. The molecule has 0 saturated heterocycles. The summed E-state index contributed by atoms with van der Waals surface area (Å²) in [6.45, 7) is 2.97. The molecule has 2 aromatic rings. The Balaban J connectivity index is 1.82. The number of benzene rings is 2. The molecule has 6 heteroatoms. The molecule has 1 aliphatic heterocycles. The van der Waals surface area contributed by atoms with Crippen LogP contribution in [0, 0.1) is 0 Å². The molecule has 0 radical (unpaired) electrons. The van der Waals surface area contributed by atoms with Crippen LogP contribution in [0.2, 0.25) is 6.82 Å². The number of fused-ring (bicyclic) bond motifs is 1. The average Bonchev–Trinajstić information content (AvgIpc) is 2.83. The fourth-order valence-electron chi connectivity index (χ4n) is 2.31. The SMILES string of the molecule is CB1OCc2cc(Oc3ccc(OC=O)cc3O)ccc21. The predicted octanol–water partition coefficient (Wildman–Crippen LogP) is 2.08. The summed E-state index contributed by atoms with van der Waals surface area (Å²) in [5, 5.41) is 9.87. The third-order valence-electron chi connectivity index (χ3n) is 3.38. The molecule has 5 nitrogen and oxygen atoms in total. The van der Waals surface area contributed by atoms with Gasteiger partial charge in [-0.1, -0.05) is 12.9 Å². The predicted molar refractivity (Wildman–Crippen MR) is 77.4 cm³/mol. The Morgan fingerprint density at radius 3 is 2.81 bits per heavy atom. The van der Waals surface area contributed by atoms with E-state index in [1.54, 1.807) is 12.1 Å². The van der Waals surface area contributed by atoms with Gasteiger partial charge in [0, 0.05) is 6.07 Å². The fraction of sp³-hybridized carbons (Fsp3) is 0.133. The van der Waals surface area contributed by atoms with Gasteiger partial charge in [-0.15, -0.1) is 0 Å². The van der Waals surface area contributed by atoms with Gasteiger partial charge in [-0.05, 0) is 35.3 Å². The summed E-state index contributed by atoms with van der Waals surface area (Å²) in [6, 6.07) is 10.1. The largest absolute Gasteiger partial charge is 0.504 e. The molecule has 0 aromatic heterocycles. The number of carbonyl (C=O) groups is 1. The van der Waals surface area contributed by atoms with E-state index in [1.807, 2.05) is 25.0 Å². The van der Waals surface area contributed by atoms with Crippen molar-refractivity contribution in [2.75, 3.05) is 0 Å². The number of hydrogen-bond donors (Lipinski definition) is 1. The second-order valence-corrected chi connectivity index (χ2v) is 4.76. The van der Waals surface area contributed by atoms with Crippen molar-refractivity contribution >= 4 is 18.9 Å². The highest BCUT2D eigenvalue weighted by Gasteiger charge is 2.23. The molecular weight excluding hydrogens is 271 g/mol. The van der Waals surface area contributed by atoms with Gasteiger partial charge in [0.25, 0.3) is 6.47 Å². The molecule has 21 heavy (non-hydrogen) atoms. The molecule has 0 unspecified atom stereocenters. The minimum Gasteiger partial charge on any atom is -0.504 e. The van der Waals surface area contributed by atoms with E-state index in [4.69, 9.17) is 9.39 Å². The third-order valence-corrected chi connectivity index (χ3v) is 3.38. The molecule has 2 aromatic carbocycles. The normalized spacial score (nSPS) is 12.9. The van der Waals surface area contributed by atoms with Crippen molar-refractivity contribution in [1.29, 1.82) is 0 Å². The molecule has 106 valence electrons. The Hall–Kier alpha value is -2.47. The molecule has 1 N–H and O–H groups in total. The minimum absolute atomic E-state index is 0.0977. The number of hydrogen-bond acceptors (Lipinski definition) is 5. The van der Waals surface area contributed by atoms with Crippen LogP contribution < -0.4 is 14.9 Å². The van der Waals surface area contributed by atoms with Crippen molar-refractivity contribution in [2.24, 2.45) is 0 Å². The van der Waals surface area contributed by atoms with Crippen LogP contribution >= 0.6 is 0 Å². The monoisotopic (exact) mass is 284 g/mol. The van der Waals surface area contributed by atoms with E-state index >= 15 is 0 Å². The Kier molecular flexibility index (Phi) is 3.54. The summed E-state index contributed by atoms with van der Waals surface area (Å²) in [5.74, 6) is 1.07. The van der Waals surface area contributed by atoms with Gasteiger partial charge in [0.1, 0.15) is 11.5 Å². The van der Waals surface area contributed by atoms with Gasteiger partial charge in [-0.25, -0.2) is 0 Å². The van der Waals surface area contributed by atoms with Crippen LogP contribution in [0.1, 0.15) is 5.56 Å². The number of carbonyl (C=O) groups excluding carboxylic acids is 1. The number of ether oxygens (including phenoxy) is 2. The van der Waals surface area contributed by atoms with Gasteiger partial charge in [0.15, 0.2) is 11.5 Å². The lowest BCUT2D eigenvalue weighted by Gasteiger charge is -2.10. The maximum absolute atomic E-state index is 10.2. The average molecular weight is 284 g/mol. The zero-order chi connectivity index (χ0) is 14.8. The van der Waals surface area contributed by atoms with E-state index in [2.05, 4.69) is 4.74 Å². The maximum Gasteiger partial charge on any atom is 0.324 e. The number of phenols is 1. The topological polar surface area (TPSA) is 65.0 Å². The highest BCUT2D eigenvalue weighted by atomic mass is 16.5. The minimum atomic E-state index is -0.0977. The molecule has 0 spiro atoms. The van der Waals surface area contributed by atoms with Gasteiger partial charge in [-0.2, -0.15) is 0 Å². The zero-order valence-corrected chi connectivity index (χ0v) is 11.4. The molecule has 0 bridgehead atoms. The maximum atomic E-state index is 10.2. The van der Waals surface area contributed by atoms with Crippen molar-refractivity contribution in [3.05, 3.63) is 42.0 Å². The Labute approximate surface area is 122 Å². The van der Waals surface area contributed by atoms with Gasteiger partial charge in [0.05, 0.1) is 6.61 Å². The molecule has 3 rings (SSSR count). The summed E-state index contributed by atoms with van der Waals surface area (Å²) in [7, 11) is 0. The van der Waals surface area contributed by atoms with Crippen LogP contribution in [0.4, 0.5) is 0 Å². The van der Waals surface area contributed by atoms with Crippen molar-refractivity contribution in [1.82, 2.24) is 0 Å². The van der Waals surface area contributed by atoms with E-state index in [-0.39, 0.29) is 18.4 Å². The van der Waals surface area contributed by atoms with E-state index < -0.39 is 0 Å². The highest BCUT2D eigenvalue weighted by Crippen LogP contribution is 2.34. The van der Waals surface area contributed by atoms with Crippen molar-refractivity contribution in [2.45, 2.75) is 13.4 Å². The molecule has 1 aliphatic rings. The van der Waals surface area contributed by atoms with E-state index in [0.29, 0.717) is 24.6 Å². The third kappa shape index (κ3) is 2.71. The smallest absolute Gasteiger partial charge is 0.324 e. The van der Waals surface area contributed by atoms with Gasteiger partial charge in [0.2, 0.25) is 0 Å². The van der Waals surface area contributed by atoms with Crippen molar-refractivity contribution in [3.63, 3.8) is 0 Å². The van der Waals surface area contributed by atoms with Crippen LogP contribution in [-0.2, 0) is 16.1 Å². The molecule has 1 heterocycles. The summed E-state index contributed by atoms with van der Waals surface area (Å²) >= 11 is 0. The Morgan fingerprint density at radius 2 is 2.05 bits per heavy atom. The van der Waals surface area contributed by atoms with Crippen LogP contribution in [0.25, 0.3) is 0 Å². The Bertz CT molecular complexity index is 686. The fourth-order valence-corrected chi connectivity index (χ4v) is 2.31. The number of phenolic OH excluding ortho intramolecular Hbond substituents is 1. The number of rotatable bonds is 4. The van der Waals surface area contributed by atoms with Crippen LogP contribution in [-0.4, -0.2) is 18.5 Å². The summed E-state index contributed by atoms with van der Waals surface area (Å²) in [6.07, 6.45) is 0. The lowest BCUT2D eigenvalue weighted by molar-refractivity contribution is -0.120. The first-order valence-electron chi connectivity index (χ1n) is 6.53. The van der Waals surface area contributed by atoms with Gasteiger partial charge >= 0.3 is 6.92 Å². The first-order chi connectivity index (χ1) is 10.2. The second-order valence-electron chi connectivity index (χ2n) is 4.76. The number of aromatic hydroxyl groups is 1. The standard InChI is InChI=1S/C15H13BO5/c1-16-13-4-2-12(6-10(13)8-20-16)21-15-5-3-11(19-9-17)7-14(15)18/h2-7,9,18H,8H2,1H3. The molecule has 0 amide bonds. The Morgan fingerprint density at radius 1 is 1.24 bits per heavy atom. The van der Waals surface area contributed by atoms with Crippen LogP contribution in [0.3, 0.4) is 0 Å². The first-order valence-corrected chi connectivity index (χ1v) is 6.53. The van der Waals surface area contributed by atoms with Crippen LogP contribution in [0.5, 0.6) is 23.0 Å². The van der Waals surface area contributed by atoms with E-state index in [0.717, 1.165) is 11.0 Å². The lowest BCUT2D eigenvalue weighted by Crippen LogP contribution is -2.23. The molecule has 0 fully saturated rings. The van der Waals surface area contributed by atoms with Gasteiger partial charge in [-0.3, -0.25) is 4.79 Å². The van der Waals surface area contributed by atoms with Crippen LogP contribution in [0.15, 0.2) is 36.4 Å². The zero-order valence-electron chi connectivity index (χ0n) is 11.4. The molecule has 0 saturated carbocycles. The summed E-state index contributed by atoms with van der Waals surface area (Å²) < 4.78 is 15.8.